The molecule has 3 aromatic heterocycles. The Morgan fingerprint density at radius 2 is 0.682 bits per heavy atom. The van der Waals surface area contributed by atoms with Gasteiger partial charge in [-0.15, -0.1) is 0 Å². The van der Waals surface area contributed by atoms with Gasteiger partial charge in [-0.05, 0) is 109 Å². The average molecular weight is 839 g/mol. The summed E-state index contributed by atoms with van der Waals surface area (Å²) in [5.41, 5.74) is 11.9. The van der Waals surface area contributed by atoms with Gasteiger partial charge in [0.05, 0.1) is 33.5 Å². The first-order valence-electron chi connectivity index (χ1n) is 22.6. The summed E-state index contributed by atoms with van der Waals surface area (Å²) in [7, 11) is 0. The normalized spacial score (nSPS) is 11.9. The first kappa shape index (κ1) is 36.6. The number of nitrogens with zero attached hydrogens (tertiary/aromatic N) is 4. The number of fused-ring (bicyclic) bond motifs is 11. The molecule has 306 valence electrons. The van der Waals surface area contributed by atoms with Crippen LogP contribution in [-0.2, 0) is 0 Å². The Kier molecular flexibility index (Phi) is 7.95. The van der Waals surface area contributed by atoms with Crippen molar-refractivity contribution in [2.75, 3.05) is 0 Å². The standard InChI is InChI=1S/C62H38N4/c1-4-18-46-39(13-1)16-11-23-49(46)56-38-57(50-24-12-17-40-14-2-5-19-47(40)50)64-62(63-56)66-59-26-10-8-22-52(59)55-36-44(31-34-61(55)66)43-30-33-60-54(35-43)51-21-7-9-25-58(51)65(60)45-32-29-42-28-27-41-15-3-6-20-48(41)53(42)37-45/h1-38H. The maximum atomic E-state index is 5.45. The van der Waals surface area contributed by atoms with Gasteiger partial charge in [0.25, 0.3) is 0 Å². The number of benzene rings is 11. The van der Waals surface area contributed by atoms with Crippen molar-refractivity contribution in [1.29, 1.82) is 0 Å². The lowest BCUT2D eigenvalue weighted by atomic mass is 9.99. The molecular weight excluding hydrogens is 801 g/mol. The van der Waals surface area contributed by atoms with Crippen LogP contribution in [0.25, 0.3) is 132 Å². The van der Waals surface area contributed by atoms with Gasteiger partial charge in [-0.3, -0.25) is 4.57 Å². The van der Waals surface area contributed by atoms with E-state index >= 15 is 0 Å². The lowest BCUT2D eigenvalue weighted by molar-refractivity contribution is 0.997. The molecule has 0 atom stereocenters. The van der Waals surface area contributed by atoms with Crippen LogP contribution < -0.4 is 0 Å². The predicted molar refractivity (Wildman–Crippen MR) is 277 cm³/mol. The third kappa shape index (κ3) is 5.58. The Bertz CT molecular complexity index is 4200. The molecule has 0 aliphatic rings. The Balaban J connectivity index is 0.953. The van der Waals surface area contributed by atoms with Crippen LogP contribution in [0, 0.1) is 0 Å². The van der Waals surface area contributed by atoms with Crippen molar-refractivity contribution in [2.45, 2.75) is 0 Å². The van der Waals surface area contributed by atoms with Crippen molar-refractivity contribution in [2.24, 2.45) is 0 Å². The molecule has 4 heteroatoms. The highest BCUT2D eigenvalue weighted by Crippen LogP contribution is 2.40. The number of hydrogen-bond acceptors (Lipinski definition) is 2. The first-order chi connectivity index (χ1) is 32.7. The third-order valence-corrected chi connectivity index (χ3v) is 13.7. The van der Waals surface area contributed by atoms with Gasteiger partial charge in [0.15, 0.2) is 0 Å². The zero-order valence-electron chi connectivity index (χ0n) is 35.7. The van der Waals surface area contributed by atoms with Gasteiger partial charge in [-0.2, -0.15) is 0 Å². The lowest BCUT2D eigenvalue weighted by Crippen LogP contribution is -2.04. The van der Waals surface area contributed by atoms with Crippen molar-refractivity contribution >= 4 is 86.7 Å². The van der Waals surface area contributed by atoms with E-state index in [-0.39, 0.29) is 0 Å². The van der Waals surface area contributed by atoms with E-state index in [1.807, 2.05) is 0 Å². The summed E-state index contributed by atoms with van der Waals surface area (Å²) in [4.78, 5) is 10.9. The van der Waals surface area contributed by atoms with Crippen LogP contribution in [-0.4, -0.2) is 19.1 Å². The molecule has 0 aliphatic heterocycles. The van der Waals surface area contributed by atoms with Crippen LogP contribution in [0.4, 0.5) is 0 Å². The number of aromatic nitrogens is 4. The van der Waals surface area contributed by atoms with Gasteiger partial charge in [-0.1, -0.05) is 176 Å². The molecule has 0 saturated carbocycles. The lowest BCUT2D eigenvalue weighted by Gasteiger charge is -2.14. The Hall–Kier alpha value is -8.86. The molecule has 0 N–H and O–H groups in total. The number of hydrogen-bond donors (Lipinski definition) is 0. The van der Waals surface area contributed by atoms with E-state index in [2.05, 4.69) is 240 Å². The van der Waals surface area contributed by atoms with E-state index in [9.17, 15) is 0 Å². The third-order valence-electron chi connectivity index (χ3n) is 13.7. The topological polar surface area (TPSA) is 35.6 Å². The molecule has 11 aromatic carbocycles. The maximum absolute atomic E-state index is 5.45. The molecule has 0 bridgehead atoms. The first-order valence-corrected chi connectivity index (χ1v) is 22.6. The van der Waals surface area contributed by atoms with Gasteiger partial charge in [0.2, 0.25) is 5.95 Å². The maximum Gasteiger partial charge on any atom is 0.235 e. The number of rotatable bonds is 5. The molecule has 14 rings (SSSR count). The summed E-state index contributed by atoms with van der Waals surface area (Å²) in [6.07, 6.45) is 0. The monoisotopic (exact) mass is 838 g/mol. The quantitative estimate of drug-likeness (QED) is 0.162. The van der Waals surface area contributed by atoms with Gasteiger partial charge >= 0.3 is 0 Å². The van der Waals surface area contributed by atoms with Crippen molar-refractivity contribution in [3.8, 4) is 45.3 Å². The predicted octanol–water partition coefficient (Wildman–Crippen LogP) is 16.3. The summed E-state index contributed by atoms with van der Waals surface area (Å²) in [6, 6.07) is 83.4. The van der Waals surface area contributed by atoms with Crippen LogP contribution in [0.3, 0.4) is 0 Å². The van der Waals surface area contributed by atoms with Crippen LogP contribution in [0.2, 0.25) is 0 Å². The summed E-state index contributed by atoms with van der Waals surface area (Å²) in [6.45, 7) is 0. The Morgan fingerprint density at radius 3 is 1.27 bits per heavy atom. The van der Waals surface area contributed by atoms with Crippen molar-refractivity contribution in [3.63, 3.8) is 0 Å². The Labute approximate surface area is 379 Å². The van der Waals surface area contributed by atoms with E-state index in [1.165, 1.54) is 59.7 Å². The van der Waals surface area contributed by atoms with Gasteiger partial charge in [-0.25, -0.2) is 9.97 Å². The highest BCUT2D eigenvalue weighted by atomic mass is 15.2. The zero-order valence-corrected chi connectivity index (χ0v) is 35.7. The summed E-state index contributed by atoms with van der Waals surface area (Å²) >= 11 is 0. The molecule has 4 nitrogen and oxygen atoms in total. The molecule has 0 spiro atoms. The molecule has 0 radical (unpaired) electrons. The second-order valence-corrected chi connectivity index (χ2v) is 17.4. The second-order valence-electron chi connectivity index (χ2n) is 17.4. The highest BCUT2D eigenvalue weighted by molar-refractivity contribution is 6.14. The van der Waals surface area contributed by atoms with E-state index in [4.69, 9.17) is 9.97 Å². The molecule has 0 saturated heterocycles. The highest BCUT2D eigenvalue weighted by Gasteiger charge is 2.20. The minimum atomic E-state index is 0.637. The van der Waals surface area contributed by atoms with E-state index in [0.29, 0.717) is 5.95 Å². The van der Waals surface area contributed by atoms with E-state index in [1.54, 1.807) is 0 Å². The summed E-state index contributed by atoms with van der Waals surface area (Å²) in [5.74, 6) is 0.637. The fourth-order valence-corrected chi connectivity index (χ4v) is 10.6. The fraction of sp³-hybridized carbons (Fsp3) is 0. The molecule has 0 fully saturated rings. The largest absolute Gasteiger partial charge is 0.309 e. The molecule has 0 aliphatic carbocycles. The molecular formula is C62H38N4. The molecule has 0 unspecified atom stereocenters. The van der Waals surface area contributed by atoms with Crippen LogP contribution >= 0.6 is 0 Å². The van der Waals surface area contributed by atoms with E-state index < -0.39 is 0 Å². The molecule has 3 heterocycles. The molecule has 14 aromatic rings. The van der Waals surface area contributed by atoms with Crippen molar-refractivity contribution < 1.29 is 0 Å². The summed E-state index contributed by atoms with van der Waals surface area (Å²) in [5, 5.41) is 14.5. The van der Waals surface area contributed by atoms with E-state index in [0.717, 1.165) is 66.3 Å². The number of para-hydroxylation sites is 2. The minimum Gasteiger partial charge on any atom is -0.309 e. The van der Waals surface area contributed by atoms with Gasteiger partial charge in [0, 0.05) is 38.4 Å². The van der Waals surface area contributed by atoms with Crippen molar-refractivity contribution in [1.82, 2.24) is 19.1 Å². The Morgan fingerprint density at radius 1 is 0.258 bits per heavy atom. The SMILES string of the molecule is c1ccc2c(-c3cc(-c4cccc5ccccc45)nc(-n4c5ccccc5c5cc(-c6ccc7c(c6)c6ccccc6n7-c6ccc7ccc8ccccc8c7c6)ccc54)n3)cccc2c1. The summed E-state index contributed by atoms with van der Waals surface area (Å²) < 4.78 is 4.67. The van der Waals surface area contributed by atoms with Gasteiger partial charge in [0.1, 0.15) is 0 Å². The van der Waals surface area contributed by atoms with Crippen LogP contribution in [0.5, 0.6) is 0 Å². The van der Waals surface area contributed by atoms with Crippen molar-refractivity contribution in [3.05, 3.63) is 231 Å². The van der Waals surface area contributed by atoms with Crippen LogP contribution in [0.1, 0.15) is 0 Å². The molecule has 0 amide bonds. The molecule has 66 heavy (non-hydrogen) atoms. The zero-order chi connectivity index (χ0) is 43.3. The average Bonchev–Trinajstić information content (AvgIpc) is 3.90. The smallest absolute Gasteiger partial charge is 0.235 e. The fourth-order valence-electron chi connectivity index (χ4n) is 10.6. The second kappa shape index (κ2) is 14.3. The van der Waals surface area contributed by atoms with Gasteiger partial charge < -0.3 is 4.57 Å². The minimum absolute atomic E-state index is 0.637. The van der Waals surface area contributed by atoms with Crippen LogP contribution in [0.15, 0.2) is 231 Å².